The number of amides is 1. The van der Waals surface area contributed by atoms with Crippen molar-refractivity contribution in [1.29, 1.82) is 5.26 Å². The zero-order valence-corrected chi connectivity index (χ0v) is 11.9. The molecule has 4 heteroatoms. The van der Waals surface area contributed by atoms with E-state index in [0.717, 1.165) is 10.4 Å². The summed E-state index contributed by atoms with van der Waals surface area (Å²) in [6, 6.07) is 13.2. The lowest BCUT2D eigenvalue weighted by Gasteiger charge is -2.13. The highest BCUT2D eigenvalue weighted by atomic mass is 32.1. The number of hydrogen-bond donors (Lipinski definition) is 0. The van der Waals surface area contributed by atoms with Gasteiger partial charge in [-0.2, -0.15) is 5.26 Å². The van der Waals surface area contributed by atoms with Gasteiger partial charge in [-0.15, -0.1) is 11.3 Å². The van der Waals surface area contributed by atoms with Crippen LogP contribution < -0.4 is 0 Å². The summed E-state index contributed by atoms with van der Waals surface area (Å²) in [5.41, 5.74) is 1.52. The van der Waals surface area contributed by atoms with E-state index in [1.807, 2.05) is 29.6 Å². The van der Waals surface area contributed by atoms with Gasteiger partial charge in [-0.25, -0.2) is 0 Å². The van der Waals surface area contributed by atoms with Crippen molar-refractivity contribution in [2.45, 2.75) is 6.54 Å². The fraction of sp³-hybridized carbons (Fsp3) is 0.125. The average Bonchev–Trinajstić information content (AvgIpc) is 2.98. The number of nitriles is 1. The number of likely N-dealkylation sites (N-methyl/N-ethyl adjacent to an activating group) is 1. The van der Waals surface area contributed by atoms with Gasteiger partial charge in [0.15, 0.2) is 0 Å². The first-order valence-electron chi connectivity index (χ1n) is 6.15. The molecule has 1 aromatic carbocycles. The zero-order valence-electron chi connectivity index (χ0n) is 11.1. The molecule has 100 valence electrons. The lowest BCUT2D eigenvalue weighted by Crippen LogP contribution is -2.23. The van der Waals surface area contributed by atoms with Gasteiger partial charge in [-0.1, -0.05) is 18.2 Å². The Morgan fingerprint density at radius 1 is 1.35 bits per heavy atom. The van der Waals surface area contributed by atoms with Gasteiger partial charge >= 0.3 is 0 Å². The quantitative estimate of drug-likeness (QED) is 0.808. The fourth-order valence-electron chi connectivity index (χ4n) is 1.68. The van der Waals surface area contributed by atoms with E-state index >= 15 is 0 Å². The zero-order chi connectivity index (χ0) is 14.4. The molecule has 2 rings (SSSR count). The molecule has 0 atom stereocenters. The van der Waals surface area contributed by atoms with E-state index in [-0.39, 0.29) is 5.91 Å². The van der Waals surface area contributed by atoms with Gasteiger partial charge in [0, 0.05) is 18.0 Å². The Bertz CT molecular complexity index is 636. The topological polar surface area (TPSA) is 44.1 Å². The number of carbonyl (C=O) groups is 1. The van der Waals surface area contributed by atoms with E-state index in [2.05, 4.69) is 6.07 Å². The molecule has 0 bridgehead atoms. The molecule has 0 saturated heterocycles. The Kier molecular flexibility index (Phi) is 4.70. The first-order chi connectivity index (χ1) is 9.69. The molecule has 3 nitrogen and oxygen atoms in total. The van der Waals surface area contributed by atoms with E-state index in [0.29, 0.717) is 12.1 Å². The van der Waals surface area contributed by atoms with Crippen LogP contribution in [0.5, 0.6) is 0 Å². The van der Waals surface area contributed by atoms with E-state index in [1.165, 1.54) is 0 Å². The monoisotopic (exact) mass is 282 g/mol. The second kappa shape index (κ2) is 6.69. The maximum absolute atomic E-state index is 12.0. The minimum atomic E-state index is -0.0391. The lowest BCUT2D eigenvalue weighted by molar-refractivity contribution is -0.125. The highest BCUT2D eigenvalue weighted by Gasteiger charge is 2.06. The van der Waals surface area contributed by atoms with Crippen LogP contribution >= 0.6 is 11.3 Å². The summed E-state index contributed by atoms with van der Waals surface area (Å²) in [6.45, 7) is 0.619. The van der Waals surface area contributed by atoms with Gasteiger partial charge in [0.2, 0.25) is 5.91 Å². The summed E-state index contributed by atoms with van der Waals surface area (Å²) >= 11 is 1.64. The molecule has 0 unspecified atom stereocenters. The van der Waals surface area contributed by atoms with Crippen molar-refractivity contribution < 1.29 is 4.79 Å². The summed E-state index contributed by atoms with van der Waals surface area (Å²) in [7, 11) is 1.78. The van der Waals surface area contributed by atoms with Crippen LogP contribution in [-0.4, -0.2) is 17.9 Å². The molecule has 1 amide bonds. The van der Waals surface area contributed by atoms with Crippen molar-refractivity contribution in [2.24, 2.45) is 0 Å². The van der Waals surface area contributed by atoms with Gasteiger partial charge in [-0.05, 0) is 35.2 Å². The molecule has 20 heavy (non-hydrogen) atoms. The summed E-state index contributed by atoms with van der Waals surface area (Å²) in [5.74, 6) is -0.0391. The SMILES string of the molecule is CN(Cc1cccs1)C(=O)C=Cc1ccc(C#N)cc1. The lowest BCUT2D eigenvalue weighted by atomic mass is 10.1. The largest absolute Gasteiger partial charge is 0.337 e. The minimum Gasteiger partial charge on any atom is -0.337 e. The number of rotatable bonds is 4. The number of carbonyl (C=O) groups excluding carboxylic acids is 1. The molecule has 0 aliphatic heterocycles. The van der Waals surface area contributed by atoms with Crippen molar-refractivity contribution >= 4 is 23.3 Å². The van der Waals surface area contributed by atoms with Crippen LogP contribution in [0.4, 0.5) is 0 Å². The van der Waals surface area contributed by atoms with Crippen molar-refractivity contribution in [2.75, 3.05) is 7.05 Å². The normalized spacial score (nSPS) is 10.4. The van der Waals surface area contributed by atoms with Crippen molar-refractivity contribution in [1.82, 2.24) is 4.90 Å². The molecule has 0 N–H and O–H groups in total. The van der Waals surface area contributed by atoms with Gasteiger partial charge in [0.1, 0.15) is 0 Å². The van der Waals surface area contributed by atoms with Crippen molar-refractivity contribution in [3.05, 3.63) is 63.9 Å². The predicted molar refractivity (Wildman–Crippen MR) is 81.0 cm³/mol. The number of benzene rings is 1. The first kappa shape index (κ1) is 14.0. The molecule has 0 fully saturated rings. The summed E-state index contributed by atoms with van der Waals surface area (Å²) in [4.78, 5) is 14.8. The number of hydrogen-bond acceptors (Lipinski definition) is 3. The van der Waals surface area contributed by atoms with Crippen LogP contribution in [0.15, 0.2) is 47.9 Å². The highest BCUT2D eigenvalue weighted by molar-refractivity contribution is 7.09. The second-order valence-corrected chi connectivity index (χ2v) is 5.37. The minimum absolute atomic E-state index is 0.0391. The van der Waals surface area contributed by atoms with Crippen molar-refractivity contribution in [3.8, 4) is 6.07 Å². The van der Waals surface area contributed by atoms with Gasteiger partial charge in [0.05, 0.1) is 18.2 Å². The van der Waals surface area contributed by atoms with E-state index in [9.17, 15) is 4.79 Å². The molecule has 0 spiro atoms. The fourth-order valence-corrected chi connectivity index (χ4v) is 2.43. The third kappa shape index (κ3) is 3.81. The Labute approximate surface area is 122 Å². The third-order valence-corrected chi connectivity index (χ3v) is 3.67. The van der Waals surface area contributed by atoms with Crippen LogP contribution in [0.1, 0.15) is 16.0 Å². The molecular weight excluding hydrogens is 268 g/mol. The van der Waals surface area contributed by atoms with E-state index < -0.39 is 0 Å². The van der Waals surface area contributed by atoms with Gasteiger partial charge in [-0.3, -0.25) is 4.79 Å². The molecule has 0 radical (unpaired) electrons. The molecule has 0 aliphatic rings. The molecule has 2 aromatic rings. The third-order valence-electron chi connectivity index (χ3n) is 2.81. The average molecular weight is 282 g/mol. The van der Waals surface area contributed by atoms with Crippen molar-refractivity contribution in [3.63, 3.8) is 0 Å². The smallest absolute Gasteiger partial charge is 0.246 e. The second-order valence-electron chi connectivity index (χ2n) is 4.34. The van der Waals surface area contributed by atoms with E-state index in [1.54, 1.807) is 47.6 Å². The maximum Gasteiger partial charge on any atom is 0.246 e. The van der Waals surface area contributed by atoms with Crippen LogP contribution in [0.2, 0.25) is 0 Å². The number of thiophene rings is 1. The van der Waals surface area contributed by atoms with Crippen LogP contribution in [0, 0.1) is 11.3 Å². The van der Waals surface area contributed by atoms with E-state index in [4.69, 9.17) is 5.26 Å². The molecular formula is C16H14N2OS. The first-order valence-corrected chi connectivity index (χ1v) is 7.03. The molecule has 0 aliphatic carbocycles. The highest BCUT2D eigenvalue weighted by Crippen LogP contribution is 2.11. The van der Waals surface area contributed by atoms with Crippen LogP contribution in [0.25, 0.3) is 6.08 Å². The predicted octanol–water partition coefficient (Wildman–Crippen LogP) is 3.29. The van der Waals surface area contributed by atoms with Crippen LogP contribution in [0.3, 0.4) is 0 Å². The number of nitrogens with zero attached hydrogens (tertiary/aromatic N) is 2. The summed E-state index contributed by atoms with van der Waals surface area (Å²) < 4.78 is 0. The Balaban J connectivity index is 1.95. The Morgan fingerprint density at radius 2 is 2.10 bits per heavy atom. The Hall–Kier alpha value is -2.38. The summed E-state index contributed by atoms with van der Waals surface area (Å²) in [5, 5.41) is 10.7. The summed E-state index contributed by atoms with van der Waals surface area (Å²) in [6.07, 6.45) is 3.31. The van der Waals surface area contributed by atoms with Crippen LogP contribution in [-0.2, 0) is 11.3 Å². The maximum atomic E-state index is 12.0. The standard InChI is InChI=1S/C16H14N2OS/c1-18(12-15-3-2-10-20-15)16(19)9-8-13-4-6-14(11-17)7-5-13/h2-10H,12H2,1H3. The molecule has 1 aromatic heterocycles. The van der Waals surface area contributed by atoms with Gasteiger partial charge < -0.3 is 4.90 Å². The molecule has 1 heterocycles. The van der Waals surface area contributed by atoms with Gasteiger partial charge in [0.25, 0.3) is 0 Å². The molecule has 0 saturated carbocycles. The Morgan fingerprint density at radius 3 is 2.70 bits per heavy atom.